The lowest BCUT2D eigenvalue weighted by atomic mass is 10.1. The van der Waals surface area contributed by atoms with E-state index < -0.39 is 5.82 Å². The molecule has 1 saturated heterocycles. The summed E-state index contributed by atoms with van der Waals surface area (Å²) in [6.07, 6.45) is 0. The van der Waals surface area contributed by atoms with E-state index in [0.717, 1.165) is 0 Å². The van der Waals surface area contributed by atoms with Crippen molar-refractivity contribution in [3.63, 3.8) is 0 Å². The number of nitriles is 1. The van der Waals surface area contributed by atoms with Gasteiger partial charge in [0.2, 0.25) is 0 Å². The standard InChI is InChI=1S/C18H15F2N3O/c19-14-6-4-13(5-7-14)18(24)23-10-8-22(9-11-23)17-3-1-2-16(20)15(17)12-21/h1-7H,8-11H2. The highest BCUT2D eigenvalue weighted by Gasteiger charge is 2.24. The predicted octanol–water partition coefficient (Wildman–Crippen LogP) is 2.80. The Kier molecular flexibility index (Phi) is 4.43. The fourth-order valence-electron chi connectivity index (χ4n) is 2.81. The molecule has 0 unspecified atom stereocenters. The number of anilines is 1. The average Bonchev–Trinajstić information content (AvgIpc) is 2.62. The van der Waals surface area contributed by atoms with Crippen LogP contribution in [0.25, 0.3) is 0 Å². The van der Waals surface area contributed by atoms with E-state index in [2.05, 4.69) is 0 Å². The van der Waals surface area contributed by atoms with E-state index >= 15 is 0 Å². The van der Waals surface area contributed by atoms with Crippen LogP contribution in [0.5, 0.6) is 0 Å². The summed E-state index contributed by atoms with van der Waals surface area (Å²) in [5.74, 6) is -1.08. The Hall–Kier alpha value is -2.94. The van der Waals surface area contributed by atoms with Crippen molar-refractivity contribution >= 4 is 11.6 Å². The summed E-state index contributed by atoms with van der Waals surface area (Å²) in [5, 5.41) is 9.13. The number of carbonyl (C=O) groups is 1. The van der Waals surface area contributed by atoms with E-state index in [0.29, 0.717) is 37.4 Å². The van der Waals surface area contributed by atoms with Gasteiger partial charge in [0.05, 0.1) is 5.69 Å². The van der Waals surface area contributed by atoms with Gasteiger partial charge in [-0.05, 0) is 36.4 Å². The second-order valence-corrected chi connectivity index (χ2v) is 5.53. The zero-order valence-corrected chi connectivity index (χ0v) is 12.9. The van der Waals surface area contributed by atoms with Crippen LogP contribution in [0.15, 0.2) is 42.5 Å². The van der Waals surface area contributed by atoms with Gasteiger partial charge in [0.25, 0.3) is 5.91 Å². The molecule has 0 bridgehead atoms. The van der Waals surface area contributed by atoms with Crippen LogP contribution < -0.4 is 4.90 Å². The van der Waals surface area contributed by atoms with Crippen LogP contribution in [-0.2, 0) is 0 Å². The highest BCUT2D eigenvalue weighted by atomic mass is 19.1. The molecule has 1 amide bonds. The fraction of sp³-hybridized carbons (Fsp3) is 0.222. The topological polar surface area (TPSA) is 47.3 Å². The Labute approximate surface area is 138 Å². The van der Waals surface area contributed by atoms with Crippen molar-refractivity contribution in [2.75, 3.05) is 31.1 Å². The Balaban J connectivity index is 1.70. The van der Waals surface area contributed by atoms with Gasteiger partial charge in [0, 0.05) is 31.7 Å². The summed E-state index contributed by atoms with van der Waals surface area (Å²) >= 11 is 0. The van der Waals surface area contributed by atoms with Crippen LogP contribution in [0.4, 0.5) is 14.5 Å². The van der Waals surface area contributed by atoms with E-state index in [-0.39, 0.29) is 17.3 Å². The van der Waals surface area contributed by atoms with Crippen molar-refractivity contribution in [3.8, 4) is 6.07 Å². The molecule has 1 aliphatic heterocycles. The quantitative estimate of drug-likeness (QED) is 0.852. The van der Waals surface area contributed by atoms with E-state index in [1.165, 1.54) is 30.3 Å². The second-order valence-electron chi connectivity index (χ2n) is 5.53. The summed E-state index contributed by atoms with van der Waals surface area (Å²) in [6.45, 7) is 1.92. The van der Waals surface area contributed by atoms with Gasteiger partial charge in [0.15, 0.2) is 0 Å². The predicted molar refractivity (Wildman–Crippen MR) is 85.6 cm³/mol. The van der Waals surface area contributed by atoms with Gasteiger partial charge in [-0.15, -0.1) is 0 Å². The smallest absolute Gasteiger partial charge is 0.253 e. The highest BCUT2D eigenvalue weighted by Crippen LogP contribution is 2.24. The van der Waals surface area contributed by atoms with Crippen LogP contribution in [0.2, 0.25) is 0 Å². The zero-order chi connectivity index (χ0) is 17.1. The van der Waals surface area contributed by atoms with Crippen molar-refractivity contribution in [1.82, 2.24) is 4.90 Å². The number of hydrogen-bond donors (Lipinski definition) is 0. The molecule has 24 heavy (non-hydrogen) atoms. The number of rotatable bonds is 2. The molecule has 2 aromatic rings. The molecule has 1 heterocycles. The van der Waals surface area contributed by atoms with Crippen LogP contribution in [0, 0.1) is 23.0 Å². The van der Waals surface area contributed by atoms with Crippen molar-refractivity contribution < 1.29 is 13.6 Å². The Morgan fingerprint density at radius 1 is 1.00 bits per heavy atom. The fourth-order valence-corrected chi connectivity index (χ4v) is 2.81. The van der Waals surface area contributed by atoms with Gasteiger partial charge in [0.1, 0.15) is 23.3 Å². The summed E-state index contributed by atoms with van der Waals surface area (Å²) in [4.78, 5) is 16.0. The first-order chi connectivity index (χ1) is 11.6. The molecule has 0 aromatic heterocycles. The Morgan fingerprint density at radius 2 is 1.67 bits per heavy atom. The van der Waals surface area contributed by atoms with Gasteiger partial charge in [-0.1, -0.05) is 6.07 Å². The lowest BCUT2D eigenvalue weighted by Gasteiger charge is -2.36. The molecular formula is C18H15F2N3O. The molecule has 4 nitrogen and oxygen atoms in total. The number of amides is 1. The van der Waals surface area contributed by atoms with Crippen LogP contribution in [-0.4, -0.2) is 37.0 Å². The number of carbonyl (C=O) groups excluding carboxylic acids is 1. The van der Waals surface area contributed by atoms with Crippen molar-refractivity contribution in [2.45, 2.75) is 0 Å². The molecule has 1 aliphatic rings. The third-order valence-electron chi connectivity index (χ3n) is 4.10. The van der Waals surface area contributed by atoms with Crippen LogP contribution in [0.1, 0.15) is 15.9 Å². The van der Waals surface area contributed by atoms with Crippen molar-refractivity contribution in [1.29, 1.82) is 5.26 Å². The number of hydrogen-bond acceptors (Lipinski definition) is 3. The Bertz CT molecular complexity index is 791. The first-order valence-electron chi connectivity index (χ1n) is 7.58. The number of piperazine rings is 1. The van der Waals surface area contributed by atoms with Crippen LogP contribution >= 0.6 is 0 Å². The molecule has 0 radical (unpaired) electrons. The molecule has 0 aliphatic carbocycles. The first kappa shape index (κ1) is 15.9. The zero-order valence-electron chi connectivity index (χ0n) is 12.9. The maximum absolute atomic E-state index is 13.7. The van der Waals surface area contributed by atoms with Gasteiger partial charge < -0.3 is 9.80 Å². The molecule has 122 valence electrons. The highest BCUT2D eigenvalue weighted by molar-refractivity contribution is 5.94. The number of nitrogens with zero attached hydrogens (tertiary/aromatic N) is 3. The molecule has 0 N–H and O–H groups in total. The molecule has 2 aromatic carbocycles. The van der Waals surface area contributed by atoms with Gasteiger partial charge in [-0.3, -0.25) is 4.79 Å². The maximum atomic E-state index is 13.7. The minimum absolute atomic E-state index is 0.0239. The van der Waals surface area contributed by atoms with Crippen molar-refractivity contribution in [3.05, 3.63) is 65.2 Å². The minimum Gasteiger partial charge on any atom is -0.367 e. The van der Waals surface area contributed by atoms with E-state index in [1.807, 2.05) is 11.0 Å². The molecule has 0 atom stereocenters. The third-order valence-corrected chi connectivity index (χ3v) is 4.10. The largest absolute Gasteiger partial charge is 0.367 e. The monoisotopic (exact) mass is 327 g/mol. The SMILES string of the molecule is N#Cc1c(F)cccc1N1CCN(C(=O)c2ccc(F)cc2)CC1. The summed E-state index contributed by atoms with van der Waals surface area (Å²) < 4.78 is 26.7. The van der Waals surface area contributed by atoms with Gasteiger partial charge in [-0.2, -0.15) is 5.26 Å². The van der Waals surface area contributed by atoms with E-state index in [1.54, 1.807) is 17.0 Å². The molecular weight excluding hydrogens is 312 g/mol. The minimum atomic E-state index is -0.542. The normalized spacial score (nSPS) is 14.4. The van der Waals surface area contributed by atoms with Gasteiger partial charge >= 0.3 is 0 Å². The van der Waals surface area contributed by atoms with Crippen LogP contribution in [0.3, 0.4) is 0 Å². The summed E-state index contributed by atoms with van der Waals surface area (Å²) in [6, 6.07) is 11.9. The van der Waals surface area contributed by atoms with Crippen molar-refractivity contribution in [2.24, 2.45) is 0 Å². The Morgan fingerprint density at radius 3 is 2.29 bits per heavy atom. The number of halogens is 2. The lowest BCUT2D eigenvalue weighted by Crippen LogP contribution is -2.49. The molecule has 0 saturated carbocycles. The summed E-state index contributed by atoms with van der Waals surface area (Å²) in [7, 11) is 0. The second kappa shape index (κ2) is 6.67. The molecule has 6 heteroatoms. The third kappa shape index (κ3) is 3.06. The summed E-state index contributed by atoms with van der Waals surface area (Å²) in [5.41, 5.74) is 1.01. The average molecular weight is 327 g/mol. The molecule has 1 fully saturated rings. The maximum Gasteiger partial charge on any atom is 0.253 e. The van der Waals surface area contributed by atoms with E-state index in [9.17, 15) is 13.6 Å². The number of benzene rings is 2. The first-order valence-corrected chi connectivity index (χ1v) is 7.58. The molecule has 0 spiro atoms. The van der Waals surface area contributed by atoms with Gasteiger partial charge in [-0.25, -0.2) is 8.78 Å². The lowest BCUT2D eigenvalue weighted by molar-refractivity contribution is 0.0746. The van der Waals surface area contributed by atoms with E-state index in [4.69, 9.17) is 5.26 Å². The molecule has 3 rings (SSSR count).